The van der Waals surface area contributed by atoms with E-state index in [4.69, 9.17) is 5.73 Å². The van der Waals surface area contributed by atoms with Gasteiger partial charge in [0, 0.05) is 6.04 Å². The van der Waals surface area contributed by atoms with Crippen molar-refractivity contribution in [2.45, 2.75) is 39.2 Å². The lowest BCUT2D eigenvalue weighted by atomic mass is 9.91. The molecule has 2 N–H and O–H groups in total. The Balaban J connectivity index is 1.84. The van der Waals surface area contributed by atoms with Crippen molar-refractivity contribution in [3.8, 4) is 0 Å². The molecule has 1 heteroatoms. The predicted octanol–water partition coefficient (Wildman–Crippen LogP) is 4.42. The Morgan fingerprint density at radius 1 is 1.00 bits per heavy atom. The topological polar surface area (TPSA) is 26.0 Å². The smallest absolute Gasteiger partial charge is 0.0334 e. The second-order valence-electron chi connectivity index (χ2n) is 6.25. The number of aryl methyl sites for hydroxylation is 3. The van der Waals surface area contributed by atoms with Crippen molar-refractivity contribution in [1.82, 2.24) is 0 Å². The second-order valence-corrected chi connectivity index (χ2v) is 6.25. The lowest BCUT2D eigenvalue weighted by Crippen LogP contribution is -2.16. The minimum Gasteiger partial charge on any atom is -0.324 e. The van der Waals surface area contributed by atoms with Crippen LogP contribution in [-0.2, 0) is 0 Å². The molecule has 0 aliphatic heterocycles. The molecule has 20 heavy (non-hydrogen) atoms. The fraction of sp³-hybridized carbons (Fsp3) is 0.368. The molecule has 0 aromatic heterocycles. The van der Waals surface area contributed by atoms with Gasteiger partial charge in [0.05, 0.1) is 0 Å². The summed E-state index contributed by atoms with van der Waals surface area (Å²) in [6, 6.07) is 15.5. The van der Waals surface area contributed by atoms with Crippen LogP contribution in [0.25, 0.3) is 0 Å². The summed E-state index contributed by atoms with van der Waals surface area (Å²) in [5.74, 6) is 1.24. The summed E-state index contributed by atoms with van der Waals surface area (Å²) in [5.41, 5.74) is 13.4. The Morgan fingerprint density at radius 3 is 2.20 bits per heavy atom. The highest BCUT2D eigenvalue weighted by Crippen LogP contribution is 2.53. The monoisotopic (exact) mass is 265 g/mol. The van der Waals surface area contributed by atoms with Crippen molar-refractivity contribution >= 4 is 0 Å². The van der Waals surface area contributed by atoms with Crippen molar-refractivity contribution in [2.24, 2.45) is 11.7 Å². The zero-order chi connectivity index (χ0) is 14.3. The number of hydrogen-bond acceptors (Lipinski definition) is 1. The molecule has 1 fully saturated rings. The van der Waals surface area contributed by atoms with E-state index < -0.39 is 0 Å². The van der Waals surface area contributed by atoms with Crippen molar-refractivity contribution < 1.29 is 0 Å². The van der Waals surface area contributed by atoms with Crippen LogP contribution in [0.4, 0.5) is 0 Å². The summed E-state index contributed by atoms with van der Waals surface area (Å²) >= 11 is 0. The van der Waals surface area contributed by atoms with E-state index in [9.17, 15) is 0 Å². The van der Waals surface area contributed by atoms with Gasteiger partial charge in [0.1, 0.15) is 0 Å². The highest BCUT2D eigenvalue weighted by Gasteiger charge is 2.43. The maximum absolute atomic E-state index is 6.58. The van der Waals surface area contributed by atoms with E-state index >= 15 is 0 Å². The Bertz CT molecular complexity index is 592. The van der Waals surface area contributed by atoms with Crippen LogP contribution in [0, 0.1) is 26.7 Å². The maximum Gasteiger partial charge on any atom is 0.0334 e. The van der Waals surface area contributed by atoms with Crippen molar-refractivity contribution in [3.63, 3.8) is 0 Å². The van der Waals surface area contributed by atoms with Crippen LogP contribution in [0.1, 0.15) is 46.2 Å². The molecular weight excluding hydrogens is 242 g/mol. The first-order chi connectivity index (χ1) is 9.58. The quantitative estimate of drug-likeness (QED) is 0.873. The molecule has 3 rings (SSSR count). The number of nitrogens with two attached hydrogens (primary N) is 1. The van der Waals surface area contributed by atoms with Crippen LogP contribution >= 0.6 is 0 Å². The third-order valence-corrected chi connectivity index (χ3v) is 4.60. The molecule has 104 valence electrons. The molecule has 1 aliphatic rings. The van der Waals surface area contributed by atoms with Crippen LogP contribution in [0.2, 0.25) is 0 Å². The molecule has 0 radical (unpaired) electrons. The Kier molecular flexibility index (Phi) is 3.39. The van der Waals surface area contributed by atoms with Crippen LogP contribution in [-0.4, -0.2) is 0 Å². The van der Waals surface area contributed by atoms with Gasteiger partial charge in [-0.25, -0.2) is 0 Å². The molecule has 0 heterocycles. The standard InChI is InChI=1S/C19H23N/c1-12-9-13(2)18(14(3)10-12)19(20)17-11-16(17)15-7-5-4-6-8-15/h4-10,16-17,19H,11,20H2,1-3H3. The van der Waals surface area contributed by atoms with Crippen LogP contribution < -0.4 is 5.73 Å². The zero-order valence-corrected chi connectivity index (χ0v) is 12.6. The van der Waals surface area contributed by atoms with E-state index in [0.717, 1.165) is 0 Å². The van der Waals surface area contributed by atoms with Gasteiger partial charge in [0.2, 0.25) is 0 Å². The Labute approximate surface area is 121 Å². The largest absolute Gasteiger partial charge is 0.324 e. The lowest BCUT2D eigenvalue weighted by molar-refractivity contribution is 0.609. The van der Waals surface area contributed by atoms with Gasteiger partial charge in [-0.05, 0) is 61.3 Å². The van der Waals surface area contributed by atoms with Gasteiger partial charge in [-0.2, -0.15) is 0 Å². The molecule has 2 aromatic rings. The average molecular weight is 265 g/mol. The highest BCUT2D eigenvalue weighted by molar-refractivity contribution is 5.41. The van der Waals surface area contributed by atoms with Crippen molar-refractivity contribution in [3.05, 3.63) is 70.3 Å². The van der Waals surface area contributed by atoms with Crippen molar-refractivity contribution in [1.29, 1.82) is 0 Å². The molecule has 3 unspecified atom stereocenters. The first-order valence-electron chi connectivity index (χ1n) is 7.46. The number of rotatable bonds is 3. The van der Waals surface area contributed by atoms with Crippen LogP contribution in [0.15, 0.2) is 42.5 Å². The van der Waals surface area contributed by atoms with Crippen LogP contribution in [0.5, 0.6) is 0 Å². The van der Waals surface area contributed by atoms with E-state index in [0.29, 0.717) is 11.8 Å². The Hall–Kier alpha value is -1.60. The zero-order valence-electron chi connectivity index (χ0n) is 12.6. The summed E-state index contributed by atoms with van der Waals surface area (Å²) in [7, 11) is 0. The fourth-order valence-electron chi connectivity index (χ4n) is 3.63. The maximum atomic E-state index is 6.58. The average Bonchev–Trinajstić information content (AvgIpc) is 3.18. The van der Waals surface area contributed by atoms with Gasteiger partial charge >= 0.3 is 0 Å². The first kappa shape index (κ1) is 13.4. The molecule has 0 saturated heterocycles. The number of benzene rings is 2. The summed E-state index contributed by atoms with van der Waals surface area (Å²) in [6.07, 6.45) is 1.22. The SMILES string of the molecule is Cc1cc(C)c(C(N)C2CC2c2ccccc2)c(C)c1. The third-order valence-electron chi connectivity index (χ3n) is 4.60. The molecule has 0 spiro atoms. The Morgan fingerprint density at radius 2 is 1.60 bits per heavy atom. The van der Waals surface area contributed by atoms with E-state index in [-0.39, 0.29) is 6.04 Å². The van der Waals surface area contributed by atoms with Gasteiger partial charge < -0.3 is 5.73 Å². The molecule has 1 aliphatic carbocycles. The lowest BCUT2D eigenvalue weighted by Gasteiger charge is -2.19. The van der Waals surface area contributed by atoms with Gasteiger partial charge in [0.15, 0.2) is 0 Å². The molecule has 0 amide bonds. The fourth-order valence-corrected chi connectivity index (χ4v) is 3.63. The number of hydrogen-bond donors (Lipinski definition) is 1. The van der Waals surface area contributed by atoms with Crippen LogP contribution in [0.3, 0.4) is 0 Å². The summed E-state index contributed by atoms with van der Waals surface area (Å²) < 4.78 is 0. The van der Waals surface area contributed by atoms with Gasteiger partial charge in [-0.1, -0.05) is 48.0 Å². The van der Waals surface area contributed by atoms with Crippen molar-refractivity contribution in [2.75, 3.05) is 0 Å². The molecule has 2 aromatic carbocycles. The van der Waals surface area contributed by atoms with E-state index in [2.05, 4.69) is 63.2 Å². The summed E-state index contributed by atoms with van der Waals surface area (Å²) in [4.78, 5) is 0. The molecule has 3 atom stereocenters. The second kappa shape index (κ2) is 5.06. The van der Waals surface area contributed by atoms with Gasteiger partial charge in [-0.15, -0.1) is 0 Å². The van der Waals surface area contributed by atoms with E-state index in [1.54, 1.807) is 0 Å². The van der Waals surface area contributed by atoms with E-state index in [1.807, 2.05) is 0 Å². The minimum atomic E-state index is 0.167. The predicted molar refractivity (Wildman–Crippen MR) is 84.9 cm³/mol. The summed E-state index contributed by atoms with van der Waals surface area (Å²) in [6.45, 7) is 6.53. The minimum absolute atomic E-state index is 0.167. The first-order valence-corrected chi connectivity index (χ1v) is 7.46. The third kappa shape index (κ3) is 2.38. The molecule has 1 saturated carbocycles. The highest BCUT2D eigenvalue weighted by atomic mass is 14.7. The molecule has 1 nitrogen and oxygen atoms in total. The van der Waals surface area contributed by atoms with Gasteiger partial charge in [-0.3, -0.25) is 0 Å². The summed E-state index contributed by atoms with van der Waals surface area (Å²) in [5, 5.41) is 0. The van der Waals surface area contributed by atoms with E-state index in [1.165, 1.54) is 34.2 Å². The molecular formula is C19H23N. The normalized spacial score (nSPS) is 22.6. The van der Waals surface area contributed by atoms with Gasteiger partial charge in [0.25, 0.3) is 0 Å². The molecule has 0 bridgehead atoms.